The van der Waals surface area contributed by atoms with Crippen LogP contribution in [0.4, 0.5) is 0 Å². The highest BCUT2D eigenvalue weighted by molar-refractivity contribution is 5.90. The lowest BCUT2D eigenvalue weighted by molar-refractivity contribution is 0.141. The third kappa shape index (κ3) is 1.69. The van der Waals surface area contributed by atoms with E-state index in [4.69, 9.17) is 5.90 Å². The minimum atomic E-state index is 0.323. The fourth-order valence-corrected chi connectivity index (χ4v) is 1.78. The molecule has 0 radical (unpaired) electrons. The molecule has 1 aromatic carbocycles. The summed E-state index contributed by atoms with van der Waals surface area (Å²) in [6.45, 7) is 2.37. The van der Waals surface area contributed by atoms with Crippen LogP contribution >= 0.6 is 0 Å². The maximum atomic E-state index is 10.0. The minimum absolute atomic E-state index is 0.323. The molecule has 0 spiro atoms. The third-order valence-electron chi connectivity index (χ3n) is 2.59. The highest BCUT2D eigenvalue weighted by atomic mass is 16.6. The van der Waals surface area contributed by atoms with Crippen LogP contribution in [0.5, 0.6) is 5.75 Å². The first-order valence-electron chi connectivity index (χ1n) is 4.84. The van der Waals surface area contributed by atoms with Gasteiger partial charge in [0.15, 0.2) is 0 Å². The van der Waals surface area contributed by atoms with E-state index in [-0.39, 0.29) is 0 Å². The molecule has 0 amide bonds. The Morgan fingerprint density at radius 3 is 3.00 bits per heavy atom. The van der Waals surface area contributed by atoms with E-state index in [2.05, 4.69) is 9.82 Å². The molecule has 0 fully saturated rings. The molecule has 4 heteroatoms. The van der Waals surface area contributed by atoms with Crippen molar-refractivity contribution in [2.24, 2.45) is 5.90 Å². The van der Waals surface area contributed by atoms with Crippen LogP contribution in [0.2, 0.25) is 0 Å². The van der Waals surface area contributed by atoms with Crippen molar-refractivity contribution in [3.05, 3.63) is 29.5 Å². The smallest absolute Gasteiger partial charge is 0.128 e. The number of benzene rings is 1. The van der Waals surface area contributed by atoms with Gasteiger partial charge in [-0.3, -0.25) is 0 Å². The summed E-state index contributed by atoms with van der Waals surface area (Å²) in [6, 6.07) is 3.83. The van der Waals surface area contributed by atoms with E-state index < -0.39 is 0 Å². The number of H-pyrrole nitrogens is 1. The zero-order valence-electron chi connectivity index (χ0n) is 8.58. The maximum absolute atomic E-state index is 10.0. The maximum Gasteiger partial charge on any atom is 0.128 e. The first-order chi connectivity index (χ1) is 7.24. The van der Waals surface area contributed by atoms with Crippen LogP contribution in [0.3, 0.4) is 0 Å². The predicted molar refractivity (Wildman–Crippen MR) is 58.5 cm³/mol. The van der Waals surface area contributed by atoms with Crippen molar-refractivity contribution in [3.8, 4) is 5.75 Å². The Hall–Kier alpha value is -1.52. The van der Waals surface area contributed by atoms with Crippen LogP contribution in [-0.4, -0.2) is 16.7 Å². The molecule has 2 rings (SSSR count). The molecule has 0 aliphatic rings. The van der Waals surface area contributed by atoms with Crippen molar-refractivity contribution in [1.82, 2.24) is 4.98 Å². The fourth-order valence-electron chi connectivity index (χ4n) is 1.78. The summed E-state index contributed by atoms with van der Waals surface area (Å²) in [7, 11) is 0. The lowest BCUT2D eigenvalue weighted by atomic mass is 10.1. The number of phenols is 1. The Balaban J connectivity index is 2.49. The number of fused-ring (bicyclic) bond motifs is 1. The molecular formula is C11H14N2O2. The monoisotopic (exact) mass is 206 g/mol. The van der Waals surface area contributed by atoms with E-state index in [0.29, 0.717) is 18.8 Å². The third-order valence-corrected chi connectivity index (χ3v) is 2.59. The zero-order valence-corrected chi connectivity index (χ0v) is 8.58. The topological polar surface area (TPSA) is 71.3 Å². The molecule has 0 saturated heterocycles. The van der Waals surface area contributed by atoms with E-state index in [1.54, 1.807) is 0 Å². The SMILES string of the molecule is Cc1c[nH]c2ccc(CCON)c(O)c12. The number of aryl methyl sites for hydroxylation is 1. The van der Waals surface area contributed by atoms with Gasteiger partial charge in [-0.2, -0.15) is 0 Å². The summed E-state index contributed by atoms with van der Waals surface area (Å²) < 4.78 is 0. The number of nitrogens with two attached hydrogens (primary N) is 1. The molecule has 0 saturated carbocycles. The number of nitrogens with one attached hydrogen (secondary N) is 1. The summed E-state index contributed by atoms with van der Waals surface area (Å²) in [5, 5.41) is 10.9. The number of aromatic amines is 1. The van der Waals surface area contributed by atoms with Crippen LogP contribution in [0.1, 0.15) is 11.1 Å². The number of aromatic nitrogens is 1. The van der Waals surface area contributed by atoms with Crippen LogP contribution < -0.4 is 5.90 Å². The normalized spacial score (nSPS) is 11.1. The van der Waals surface area contributed by atoms with Gasteiger partial charge in [-0.1, -0.05) is 6.07 Å². The summed E-state index contributed by atoms with van der Waals surface area (Å²) >= 11 is 0. The number of phenolic OH excluding ortho intramolecular Hbond substituents is 1. The molecule has 0 aliphatic carbocycles. The fraction of sp³-hybridized carbons (Fsp3) is 0.273. The van der Waals surface area contributed by atoms with E-state index in [0.717, 1.165) is 22.0 Å². The average molecular weight is 206 g/mol. The number of hydrogen-bond donors (Lipinski definition) is 3. The van der Waals surface area contributed by atoms with Gasteiger partial charge in [0, 0.05) is 23.5 Å². The molecule has 1 aromatic heterocycles. The lowest BCUT2D eigenvalue weighted by Crippen LogP contribution is -2.03. The van der Waals surface area contributed by atoms with E-state index in [1.807, 2.05) is 25.3 Å². The van der Waals surface area contributed by atoms with Gasteiger partial charge < -0.3 is 14.9 Å². The van der Waals surface area contributed by atoms with Crippen molar-refractivity contribution in [2.45, 2.75) is 13.3 Å². The summed E-state index contributed by atoms with van der Waals surface area (Å²) in [4.78, 5) is 7.60. The zero-order chi connectivity index (χ0) is 10.8. The molecule has 2 aromatic rings. The lowest BCUT2D eigenvalue weighted by Gasteiger charge is -2.05. The number of rotatable bonds is 3. The van der Waals surface area contributed by atoms with Crippen molar-refractivity contribution in [1.29, 1.82) is 0 Å². The van der Waals surface area contributed by atoms with Crippen molar-refractivity contribution < 1.29 is 9.94 Å². The highest BCUT2D eigenvalue weighted by Crippen LogP contribution is 2.31. The Kier molecular flexibility index (Phi) is 2.62. The van der Waals surface area contributed by atoms with Gasteiger partial charge in [0.05, 0.1) is 6.61 Å². The van der Waals surface area contributed by atoms with Gasteiger partial charge in [0.25, 0.3) is 0 Å². The molecule has 1 heterocycles. The first kappa shape index (κ1) is 10.0. The molecule has 0 atom stereocenters. The van der Waals surface area contributed by atoms with Gasteiger partial charge in [0.2, 0.25) is 0 Å². The van der Waals surface area contributed by atoms with E-state index >= 15 is 0 Å². The van der Waals surface area contributed by atoms with Crippen molar-refractivity contribution in [3.63, 3.8) is 0 Å². The van der Waals surface area contributed by atoms with E-state index in [9.17, 15) is 5.11 Å². The second-order valence-corrected chi connectivity index (χ2v) is 3.59. The Morgan fingerprint density at radius 2 is 2.27 bits per heavy atom. The van der Waals surface area contributed by atoms with Crippen molar-refractivity contribution >= 4 is 10.9 Å². The largest absolute Gasteiger partial charge is 0.507 e. The van der Waals surface area contributed by atoms with E-state index in [1.165, 1.54) is 0 Å². The van der Waals surface area contributed by atoms with Gasteiger partial charge in [-0.15, -0.1) is 0 Å². The molecular weight excluding hydrogens is 192 g/mol. The molecule has 4 N–H and O–H groups in total. The highest BCUT2D eigenvalue weighted by Gasteiger charge is 2.09. The first-order valence-corrected chi connectivity index (χ1v) is 4.84. The Morgan fingerprint density at radius 1 is 1.47 bits per heavy atom. The molecule has 4 nitrogen and oxygen atoms in total. The second-order valence-electron chi connectivity index (χ2n) is 3.59. The summed E-state index contributed by atoms with van der Waals surface area (Å²) in [5.74, 6) is 5.28. The number of aromatic hydroxyl groups is 1. The van der Waals surface area contributed by atoms with Crippen molar-refractivity contribution in [2.75, 3.05) is 6.61 Å². The van der Waals surface area contributed by atoms with Crippen LogP contribution in [0.25, 0.3) is 10.9 Å². The second kappa shape index (κ2) is 3.92. The minimum Gasteiger partial charge on any atom is -0.507 e. The van der Waals surface area contributed by atoms with Gasteiger partial charge in [0.1, 0.15) is 5.75 Å². The standard InChI is InChI=1S/C11H14N2O2/c1-7-6-13-9-3-2-8(4-5-15-12)11(14)10(7)9/h2-3,6,13-14H,4-5,12H2,1H3. The molecule has 0 aliphatic heterocycles. The molecule has 80 valence electrons. The summed E-state index contributed by atoms with van der Waals surface area (Å²) in [5.41, 5.74) is 2.84. The van der Waals surface area contributed by atoms with Gasteiger partial charge in [-0.05, 0) is 24.1 Å². The van der Waals surface area contributed by atoms with Gasteiger partial charge >= 0.3 is 0 Å². The van der Waals surface area contributed by atoms with Crippen LogP contribution in [0, 0.1) is 6.92 Å². The molecule has 0 unspecified atom stereocenters. The number of hydrogen-bond acceptors (Lipinski definition) is 3. The molecule has 15 heavy (non-hydrogen) atoms. The Labute approximate surface area is 87.6 Å². The van der Waals surface area contributed by atoms with Gasteiger partial charge in [-0.25, -0.2) is 5.90 Å². The Bertz CT molecular complexity index is 477. The summed E-state index contributed by atoms with van der Waals surface area (Å²) in [6.07, 6.45) is 2.50. The van der Waals surface area contributed by atoms with Crippen LogP contribution in [0.15, 0.2) is 18.3 Å². The molecule has 0 bridgehead atoms. The average Bonchev–Trinajstić information content (AvgIpc) is 2.60. The predicted octanol–water partition coefficient (Wildman–Crippen LogP) is 1.61. The quantitative estimate of drug-likeness (QED) is 0.668. The van der Waals surface area contributed by atoms with Crippen LogP contribution in [-0.2, 0) is 11.3 Å².